The first-order chi connectivity index (χ1) is 14.2. The number of hydrogen-bond acceptors (Lipinski definition) is 4. The van der Waals surface area contributed by atoms with Crippen LogP contribution in [-0.2, 0) is 12.0 Å². The van der Waals surface area contributed by atoms with Gasteiger partial charge in [0.1, 0.15) is 0 Å². The van der Waals surface area contributed by atoms with E-state index in [2.05, 4.69) is 61.8 Å². The van der Waals surface area contributed by atoms with Crippen LogP contribution in [0.5, 0.6) is 0 Å². The van der Waals surface area contributed by atoms with Crippen LogP contribution < -0.4 is 0 Å². The van der Waals surface area contributed by atoms with Crippen LogP contribution in [0.25, 0.3) is 11.4 Å². The second kappa shape index (κ2) is 9.00. The smallest absolute Gasteiger partial charge is 0.192 e. The number of aromatic nitrogens is 3. The predicted octanol–water partition coefficient (Wildman–Crippen LogP) is 6.02. The number of allylic oxidation sites excluding steroid dienone is 1. The maximum absolute atomic E-state index is 12.8. The Kier molecular flexibility index (Phi) is 6.61. The second-order valence-electron chi connectivity index (χ2n) is 8.56. The number of Topliss-reactive ketones (excluding diaryl/α,β-unsaturated/α-hetero) is 1. The zero-order valence-corrected chi connectivity index (χ0v) is 19.2. The molecule has 0 aliphatic rings. The molecule has 0 atom stereocenters. The van der Waals surface area contributed by atoms with Crippen molar-refractivity contribution >= 4 is 17.5 Å². The van der Waals surface area contributed by atoms with Crippen LogP contribution in [0, 0.1) is 13.8 Å². The molecule has 0 unspecified atom stereocenters. The molecule has 4 nitrogen and oxygen atoms in total. The third-order valence-electron chi connectivity index (χ3n) is 5.06. The van der Waals surface area contributed by atoms with Crippen LogP contribution >= 0.6 is 11.8 Å². The summed E-state index contributed by atoms with van der Waals surface area (Å²) in [6, 6.07) is 14.4. The topological polar surface area (TPSA) is 47.8 Å². The molecule has 0 fully saturated rings. The van der Waals surface area contributed by atoms with Crippen molar-refractivity contribution in [3.05, 3.63) is 77.4 Å². The van der Waals surface area contributed by atoms with E-state index < -0.39 is 0 Å². The Labute approximate surface area is 183 Å². The highest BCUT2D eigenvalue weighted by Gasteiger charge is 2.18. The molecular weight excluding hydrogens is 390 g/mol. The first-order valence-electron chi connectivity index (χ1n) is 10.1. The zero-order chi connectivity index (χ0) is 21.9. The van der Waals surface area contributed by atoms with E-state index in [1.807, 2.05) is 42.7 Å². The SMILES string of the molecule is C=CCn1c(SCC(=O)c2cc(C)ccc2C)nnc1-c1ccc(C(C)(C)C)cc1. The molecule has 0 aliphatic heterocycles. The molecule has 3 rings (SSSR count). The lowest BCUT2D eigenvalue weighted by Crippen LogP contribution is -2.10. The van der Waals surface area contributed by atoms with Gasteiger partial charge in [-0.2, -0.15) is 0 Å². The van der Waals surface area contributed by atoms with Crippen LogP contribution in [0.1, 0.15) is 47.8 Å². The quantitative estimate of drug-likeness (QED) is 0.267. The Morgan fingerprint density at radius 3 is 2.43 bits per heavy atom. The van der Waals surface area contributed by atoms with Gasteiger partial charge in [0.15, 0.2) is 16.8 Å². The minimum Gasteiger partial charge on any atom is -0.298 e. The predicted molar refractivity (Wildman–Crippen MR) is 125 cm³/mol. The summed E-state index contributed by atoms with van der Waals surface area (Å²) in [6.07, 6.45) is 1.83. The molecule has 0 bridgehead atoms. The van der Waals surface area contributed by atoms with Crippen molar-refractivity contribution in [1.29, 1.82) is 0 Å². The van der Waals surface area contributed by atoms with E-state index in [9.17, 15) is 4.79 Å². The molecule has 5 heteroatoms. The number of thioether (sulfide) groups is 1. The molecule has 0 saturated heterocycles. The van der Waals surface area contributed by atoms with Crippen molar-refractivity contribution in [2.24, 2.45) is 0 Å². The van der Waals surface area contributed by atoms with Crippen LogP contribution in [0.15, 0.2) is 60.3 Å². The van der Waals surface area contributed by atoms with E-state index >= 15 is 0 Å². The minimum atomic E-state index is 0.0998. The third kappa shape index (κ3) is 4.90. The fraction of sp³-hybridized carbons (Fsp3) is 0.320. The lowest BCUT2D eigenvalue weighted by Gasteiger charge is -2.19. The summed E-state index contributed by atoms with van der Waals surface area (Å²) >= 11 is 1.42. The third-order valence-corrected chi connectivity index (χ3v) is 6.03. The lowest BCUT2D eigenvalue weighted by atomic mass is 9.87. The van der Waals surface area contributed by atoms with Gasteiger partial charge in [-0.15, -0.1) is 16.8 Å². The lowest BCUT2D eigenvalue weighted by molar-refractivity contribution is 0.102. The summed E-state index contributed by atoms with van der Waals surface area (Å²) in [6.45, 7) is 15.0. The average Bonchev–Trinajstić information content (AvgIpc) is 3.10. The monoisotopic (exact) mass is 419 g/mol. The molecule has 0 N–H and O–H groups in total. The van der Waals surface area contributed by atoms with E-state index in [0.29, 0.717) is 12.3 Å². The summed E-state index contributed by atoms with van der Waals surface area (Å²) < 4.78 is 2.01. The van der Waals surface area contributed by atoms with Crippen molar-refractivity contribution in [2.75, 3.05) is 5.75 Å². The van der Waals surface area contributed by atoms with Crippen LogP contribution in [0.4, 0.5) is 0 Å². The molecule has 2 aromatic carbocycles. The summed E-state index contributed by atoms with van der Waals surface area (Å²) in [5, 5.41) is 9.50. The number of hydrogen-bond donors (Lipinski definition) is 0. The fourth-order valence-electron chi connectivity index (χ4n) is 3.27. The summed E-state index contributed by atoms with van der Waals surface area (Å²) in [4.78, 5) is 12.8. The van der Waals surface area contributed by atoms with Gasteiger partial charge in [0, 0.05) is 17.7 Å². The highest BCUT2D eigenvalue weighted by atomic mass is 32.2. The molecule has 1 aromatic heterocycles. The summed E-state index contributed by atoms with van der Waals surface area (Å²) in [7, 11) is 0. The number of benzene rings is 2. The van der Waals surface area contributed by atoms with Gasteiger partial charge in [0.05, 0.1) is 5.75 Å². The number of ketones is 1. The van der Waals surface area contributed by atoms with Crippen molar-refractivity contribution in [3.8, 4) is 11.4 Å². The molecule has 1 heterocycles. The molecule has 30 heavy (non-hydrogen) atoms. The average molecular weight is 420 g/mol. The van der Waals surface area contributed by atoms with Crippen molar-refractivity contribution < 1.29 is 4.79 Å². The maximum Gasteiger partial charge on any atom is 0.192 e. The number of carbonyl (C=O) groups excluding carboxylic acids is 1. The molecule has 0 saturated carbocycles. The number of aryl methyl sites for hydroxylation is 2. The summed E-state index contributed by atoms with van der Waals surface area (Å²) in [5.41, 5.74) is 5.24. The van der Waals surface area contributed by atoms with E-state index in [1.54, 1.807) is 0 Å². The fourth-order valence-corrected chi connectivity index (χ4v) is 4.10. The number of rotatable bonds is 7. The van der Waals surface area contributed by atoms with Gasteiger partial charge in [-0.05, 0) is 36.5 Å². The Hall–Kier alpha value is -2.66. The minimum absolute atomic E-state index is 0.0998. The number of carbonyl (C=O) groups is 1. The Morgan fingerprint density at radius 1 is 1.10 bits per heavy atom. The number of nitrogens with zero attached hydrogens (tertiary/aromatic N) is 3. The van der Waals surface area contributed by atoms with Crippen LogP contribution in [0.2, 0.25) is 0 Å². The molecule has 3 aromatic rings. The molecule has 0 spiro atoms. The maximum atomic E-state index is 12.8. The van der Waals surface area contributed by atoms with Gasteiger partial charge in [-0.1, -0.05) is 80.6 Å². The molecule has 0 aliphatic carbocycles. The van der Waals surface area contributed by atoms with Gasteiger partial charge in [0.2, 0.25) is 0 Å². The Bertz CT molecular complexity index is 1060. The molecule has 156 valence electrons. The first kappa shape index (κ1) is 22.0. The van der Waals surface area contributed by atoms with Gasteiger partial charge in [-0.25, -0.2) is 0 Å². The van der Waals surface area contributed by atoms with Crippen LogP contribution in [0.3, 0.4) is 0 Å². The van der Waals surface area contributed by atoms with E-state index in [1.165, 1.54) is 17.3 Å². The van der Waals surface area contributed by atoms with Crippen molar-refractivity contribution in [2.45, 2.75) is 51.7 Å². The Balaban J connectivity index is 1.83. The standard InChI is InChI=1S/C25H29N3OS/c1-7-14-28-23(19-10-12-20(13-11-19)25(4,5)6)26-27-24(28)30-16-22(29)21-15-17(2)8-9-18(21)3/h7-13,15H,1,14,16H2,2-6H3. The Morgan fingerprint density at radius 2 is 1.80 bits per heavy atom. The van der Waals surface area contributed by atoms with Crippen LogP contribution in [-0.4, -0.2) is 26.3 Å². The van der Waals surface area contributed by atoms with E-state index in [4.69, 9.17) is 0 Å². The van der Waals surface area contributed by atoms with Crippen molar-refractivity contribution in [1.82, 2.24) is 14.8 Å². The molecule has 0 amide bonds. The highest BCUT2D eigenvalue weighted by Crippen LogP contribution is 2.28. The molecular formula is C25H29N3OS. The van der Waals surface area contributed by atoms with E-state index in [-0.39, 0.29) is 11.2 Å². The highest BCUT2D eigenvalue weighted by molar-refractivity contribution is 7.99. The van der Waals surface area contributed by atoms with Gasteiger partial charge in [0.25, 0.3) is 0 Å². The second-order valence-corrected chi connectivity index (χ2v) is 9.51. The first-order valence-corrected chi connectivity index (χ1v) is 11.1. The van der Waals surface area contributed by atoms with E-state index in [0.717, 1.165) is 33.2 Å². The zero-order valence-electron chi connectivity index (χ0n) is 18.4. The largest absolute Gasteiger partial charge is 0.298 e. The van der Waals surface area contributed by atoms with Gasteiger partial charge >= 0.3 is 0 Å². The van der Waals surface area contributed by atoms with Gasteiger partial charge in [-0.3, -0.25) is 9.36 Å². The normalized spacial score (nSPS) is 11.5. The molecule has 0 radical (unpaired) electrons. The van der Waals surface area contributed by atoms with Crippen molar-refractivity contribution in [3.63, 3.8) is 0 Å². The van der Waals surface area contributed by atoms with Gasteiger partial charge < -0.3 is 0 Å². The summed E-state index contributed by atoms with van der Waals surface area (Å²) in [5.74, 6) is 1.21.